The molecule has 1 spiro atoms. The molecule has 0 unspecified atom stereocenters. The Morgan fingerprint density at radius 1 is 1.64 bits per heavy atom. The second-order valence-electron chi connectivity index (χ2n) is 5.93. The first-order chi connectivity index (χ1) is 10.7. The number of ether oxygens (including phenoxy) is 2. The van der Waals surface area contributed by atoms with Crippen molar-refractivity contribution in [1.82, 2.24) is 10.1 Å². The fourth-order valence-electron chi connectivity index (χ4n) is 3.50. The van der Waals surface area contributed by atoms with Crippen LogP contribution in [-0.4, -0.2) is 54.5 Å². The van der Waals surface area contributed by atoms with E-state index >= 15 is 0 Å². The zero-order valence-electron chi connectivity index (χ0n) is 12.7. The average molecular weight is 306 g/mol. The highest BCUT2D eigenvalue weighted by atomic mass is 16.5. The van der Waals surface area contributed by atoms with Gasteiger partial charge in [0, 0.05) is 18.5 Å². The smallest absolute Gasteiger partial charge is 0.292 e. The van der Waals surface area contributed by atoms with E-state index in [9.17, 15) is 4.79 Å². The van der Waals surface area contributed by atoms with Gasteiger partial charge in [-0.1, -0.05) is 17.7 Å². The number of nitrogens with zero attached hydrogens (tertiary/aromatic N) is 2. The Kier molecular flexibility index (Phi) is 4.59. The van der Waals surface area contributed by atoms with Crippen LogP contribution in [0.5, 0.6) is 0 Å². The Hall–Kier alpha value is -1.66. The molecule has 1 aromatic rings. The molecule has 1 aromatic heterocycles. The molecule has 0 aromatic carbocycles. The summed E-state index contributed by atoms with van der Waals surface area (Å²) in [6, 6.07) is 1.60. The second kappa shape index (κ2) is 6.62. The van der Waals surface area contributed by atoms with Gasteiger partial charge in [0.05, 0.1) is 38.2 Å². The Morgan fingerprint density at radius 3 is 3.32 bits per heavy atom. The van der Waals surface area contributed by atoms with E-state index in [1.165, 1.54) is 6.20 Å². The van der Waals surface area contributed by atoms with E-state index in [1.807, 2.05) is 4.90 Å². The Bertz CT molecular complexity index is 516. The third-order valence-corrected chi connectivity index (χ3v) is 4.60. The fourth-order valence-corrected chi connectivity index (χ4v) is 3.50. The largest absolute Gasteiger partial charge is 0.377 e. The summed E-state index contributed by atoms with van der Waals surface area (Å²) >= 11 is 0. The predicted molar refractivity (Wildman–Crippen MR) is 79.4 cm³/mol. The molecule has 2 atom stereocenters. The van der Waals surface area contributed by atoms with Crippen LogP contribution in [0, 0.1) is 5.92 Å². The lowest BCUT2D eigenvalue weighted by atomic mass is 9.89. The monoisotopic (exact) mass is 306 g/mol. The lowest BCUT2D eigenvalue weighted by molar-refractivity contribution is -0.132. The van der Waals surface area contributed by atoms with E-state index in [0.29, 0.717) is 38.8 Å². The van der Waals surface area contributed by atoms with E-state index in [4.69, 9.17) is 14.0 Å². The van der Waals surface area contributed by atoms with Crippen molar-refractivity contribution in [2.75, 3.05) is 32.9 Å². The molecule has 0 radical (unpaired) electrons. The summed E-state index contributed by atoms with van der Waals surface area (Å²) in [6.07, 6.45) is 6.39. The molecule has 2 heterocycles. The molecule has 120 valence electrons. The standard InChI is InChI=1S/C16H22N2O4/c1-2-9-20-11-13-4-3-6-16(13)12-18(8-10-21-16)15(19)14-5-7-17-22-14/h2,5,7,13H,1,3-4,6,8-12H2/t13-,16+/m0/s1. The molecule has 6 nitrogen and oxygen atoms in total. The third-order valence-electron chi connectivity index (χ3n) is 4.60. The van der Waals surface area contributed by atoms with Crippen molar-refractivity contribution in [3.8, 4) is 0 Å². The SMILES string of the molecule is C=CCOC[C@@H]1CCC[C@@]12CN(C(=O)c1ccno1)CCO2. The van der Waals surface area contributed by atoms with E-state index < -0.39 is 0 Å². The molecule has 1 saturated carbocycles. The van der Waals surface area contributed by atoms with E-state index in [1.54, 1.807) is 12.1 Å². The number of rotatable bonds is 5. The highest BCUT2D eigenvalue weighted by molar-refractivity contribution is 5.91. The van der Waals surface area contributed by atoms with Crippen molar-refractivity contribution in [3.63, 3.8) is 0 Å². The van der Waals surface area contributed by atoms with Crippen LogP contribution in [-0.2, 0) is 9.47 Å². The summed E-state index contributed by atoms with van der Waals surface area (Å²) in [6.45, 7) is 6.60. The van der Waals surface area contributed by atoms with Gasteiger partial charge in [0.25, 0.3) is 5.91 Å². The molecule has 3 rings (SSSR count). The lowest BCUT2D eigenvalue weighted by Crippen LogP contribution is -2.56. The molecule has 1 saturated heterocycles. The maximum atomic E-state index is 12.5. The number of hydrogen-bond acceptors (Lipinski definition) is 5. The van der Waals surface area contributed by atoms with Crippen LogP contribution in [0.25, 0.3) is 0 Å². The number of carbonyl (C=O) groups is 1. The molecule has 6 heteroatoms. The first-order valence-electron chi connectivity index (χ1n) is 7.78. The van der Waals surface area contributed by atoms with Gasteiger partial charge >= 0.3 is 0 Å². The zero-order valence-corrected chi connectivity index (χ0v) is 12.7. The van der Waals surface area contributed by atoms with Crippen LogP contribution >= 0.6 is 0 Å². The van der Waals surface area contributed by atoms with Crippen molar-refractivity contribution >= 4 is 5.91 Å². The molecule has 22 heavy (non-hydrogen) atoms. The molecule has 2 fully saturated rings. The van der Waals surface area contributed by atoms with Crippen molar-refractivity contribution in [2.24, 2.45) is 5.92 Å². The molecular weight excluding hydrogens is 284 g/mol. The summed E-state index contributed by atoms with van der Waals surface area (Å²) in [5.41, 5.74) is -0.283. The van der Waals surface area contributed by atoms with Crippen LogP contribution in [0.3, 0.4) is 0 Å². The van der Waals surface area contributed by atoms with Crippen molar-refractivity contribution in [3.05, 3.63) is 30.7 Å². The van der Waals surface area contributed by atoms with Gasteiger partial charge in [-0.2, -0.15) is 0 Å². The van der Waals surface area contributed by atoms with E-state index in [0.717, 1.165) is 19.3 Å². The minimum atomic E-state index is -0.283. The normalized spacial score (nSPS) is 28.2. The van der Waals surface area contributed by atoms with Gasteiger partial charge < -0.3 is 18.9 Å². The van der Waals surface area contributed by atoms with Crippen molar-refractivity contribution < 1.29 is 18.8 Å². The Labute approximate surface area is 130 Å². The van der Waals surface area contributed by atoms with Crippen LogP contribution < -0.4 is 0 Å². The number of hydrogen-bond donors (Lipinski definition) is 0. The Morgan fingerprint density at radius 2 is 2.55 bits per heavy atom. The highest BCUT2D eigenvalue weighted by Gasteiger charge is 2.48. The first kappa shape index (κ1) is 15.2. The molecule has 1 aliphatic carbocycles. The maximum absolute atomic E-state index is 12.5. The van der Waals surface area contributed by atoms with Gasteiger partial charge in [0.1, 0.15) is 0 Å². The van der Waals surface area contributed by atoms with Gasteiger partial charge in [-0.05, 0) is 12.8 Å². The fraction of sp³-hybridized carbons (Fsp3) is 0.625. The zero-order chi connectivity index (χ0) is 15.4. The van der Waals surface area contributed by atoms with Gasteiger partial charge in [-0.25, -0.2) is 0 Å². The topological polar surface area (TPSA) is 64.8 Å². The summed E-state index contributed by atoms with van der Waals surface area (Å²) in [4.78, 5) is 14.3. The average Bonchev–Trinajstić information content (AvgIpc) is 3.18. The number of carbonyl (C=O) groups excluding carboxylic acids is 1. The number of aromatic nitrogens is 1. The quantitative estimate of drug-likeness (QED) is 0.614. The van der Waals surface area contributed by atoms with Crippen LogP contribution in [0.1, 0.15) is 29.8 Å². The molecule has 0 N–H and O–H groups in total. The summed E-state index contributed by atoms with van der Waals surface area (Å²) in [5, 5.41) is 3.61. The predicted octanol–water partition coefficient (Wildman–Crippen LogP) is 1.89. The molecular formula is C16H22N2O4. The van der Waals surface area contributed by atoms with Crippen LogP contribution in [0.2, 0.25) is 0 Å². The minimum Gasteiger partial charge on any atom is -0.377 e. The van der Waals surface area contributed by atoms with Crippen LogP contribution in [0.15, 0.2) is 29.4 Å². The lowest BCUT2D eigenvalue weighted by Gasteiger charge is -2.43. The molecule has 1 aliphatic heterocycles. The Balaban J connectivity index is 1.68. The van der Waals surface area contributed by atoms with Gasteiger partial charge in [-0.3, -0.25) is 4.79 Å². The number of morpholine rings is 1. The van der Waals surface area contributed by atoms with Crippen molar-refractivity contribution in [1.29, 1.82) is 0 Å². The molecule has 0 bridgehead atoms. The summed E-state index contributed by atoms with van der Waals surface area (Å²) in [7, 11) is 0. The molecule has 2 aliphatic rings. The van der Waals surface area contributed by atoms with Crippen molar-refractivity contribution in [2.45, 2.75) is 24.9 Å². The third kappa shape index (κ3) is 2.94. The second-order valence-corrected chi connectivity index (χ2v) is 5.93. The molecule has 1 amide bonds. The number of amides is 1. The van der Waals surface area contributed by atoms with E-state index in [2.05, 4.69) is 11.7 Å². The van der Waals surface area contributed by atoms with Crippen LogP contribution in [0.4, 0.5) is 0 Å². The summed E-state index contributed by atoms with van der Waals surface area (Å²) < 4.78 is 16.7. The van der Waals surface area contributed by atoms with Gasteiger partial charge in [-0.15, -0.1) is 6.58 Å². The van der Waals surface area contributed by atoms with Gasteiger partial charge in [0.2, 0.25) is 5.76 Å². The van der Waals surface area contributed by atoms with Gasteiger partial charge in [0.15, 0.2) is 0 Å². The van der Waals surface area contributed by atoms with E-state index in [-0.39, 0.29) is 17.3 Å². The minimum absolute atomic E-state index is 0.113. The summed E-state index contributed by atoms with van der Waals surface area (Å²) in [5.74, 6) is 0.491. The first-order valence-corrected chi connectivity index (χ1v) is 7.78. The highest BCUT2D eigenvalue weighted by Crippen LogP contribution is 2.41. The maximum Gasteiger partial charge on any atom is 0.292 e.